The Balaban J connectivity index is 2.12. The summed E-state index contributed by atoms with van der Waals surface area (Å²) in [4.78, 5) is 11.9. The summed E-state index contributed by atoms with van der Waals surface area (Å²) < 4.78 is 6.90. The van der Waals surface area contributed by atoms with E-state index in [1.807, 2.05) is 49.0 Å². The Bertz CT molecular complexity index is 797. The van der Waals surface area contributed by atoms with Gasteiger partial charge >= 0.3 is 5.97 Å². The first-order valence-electron chi connectivity index (χ1n) is 7.02. The minimum Gasteiger partial charge on any atom is -0.461 e. The molecule has 2 aromatic carbocycles. The van der Waals surface area contributed by atoms with E-state index in [2.05, 4.69) is 24.3 Å². The molecule has 0 aliphatic rings. The molecule has 0 amide bonds. The molecule has 0 spiro atoms. The van der Waals surface area contributed by atoms with E-state index in [1.165, 1.54) is 10.8 Å². The van der Waals surface area contributed by atoms with Crippen molar-refractivity contribution >= 4 is 16.7 Å². The van der Waals surface area contributed by atoms with Crippen LogP contribution < -0.4 is 0 Å². The molecule has 0 fully saturated rings. The van der Waals surface area contributed by atoms with Gasteiger partial charge in [-0.25, -0.2) is 4.79 Å². The molecular weight excluding hydrogens is 262 g/mol. The highest BCUT2D eigenvalue weighted by Gasteiger charge is 2.14. The maximum atomic E-state index is 11.9. The van der Waals surface area contributed by atoms with Crippen molar-refractivity contribution in [3.8, 4) is 11.1 Å². The van der Waals surface area contributed by atoms with Gasteiger partial charge < -0.3 is 9.30 Å². The molecule has 106 valence electrons. The van der Waals surface area contributed by atoms with Gasteiger partial charge in [-0.15, -0.1) is 0 Å². The monoisotopic (exact) mass is 279 g/mol. The van der Waals surface area contributed by atoms with Crippen molar-refractivity contribution in [1.82, 2.24) is 4.57 Å². The first-order chi connectivity index (χ1) is 10.2. The van der Waals surface area contributed by atoms with Gasteiger partial charge in [0.1, 0.15) is 5.69 Å². The van der Waals surface area contributed by atoms with Crippen molar-refractivity contribution in [2.24, 2.45) is 7.05 Å². The van der Waals surface area contributed by atoms with Gasteiger partial charge in [0.25, 0.3) is 0 Å². The number of ether oxygens (including phenoxy) is 1. The van der Waals surface area contributed by atoms with E-state index in [-0.39, 0.29) is 5.97 Å². The van der Waals surface area contributed by atoms with Gasteiger partial charge in [-0.05, 0) is 29.3 Å². The molecule has 0 radical (unpaired) electrons. The van der Waals surface area contributed by atoms with E-state index in [9.17, 15) is 4.79 Å². The van der Waals surface area contributed by atoms with Crippen LogP contribution in [0.25, 0.3) is 21.9 Å². The molecule has 3 heteroatoms. The van der Waals surface area contributed by atoms with Crippen LogP contribution >= 0.6 is 0 Å². The fourth-order valence-corrected chi connectivity index (χ4v) is 2.60. The molecule has 1 heterocycles. The lowest BCUT2D eigenvalue weighted by atomic mass is 10.0. The van der Waals surface area contributed by atoms with Crippen LogP contribution in [0.4, 0.5) is 0 Å². The Morgan fingerprint density at radius 2 is 1.90 bits per heavy atom. The van der Waals surface area contributed by atoms with E-state index in [4.69, 9.17) is 4.74 Å². The SMILES string of the molecule is CCOC(=O)c1cc(-c2cccc3ccccc23)cn1C. The summed E-state index contributed by atoms with van der Waals surface area (Å²) in [7, 11) is 1.86. The number of nitrogens with zero attached hydrogens (tertiary/aromatic N) is 1. The Kier molecular flexibility index (Phi) is 3.48. The zero-order chi connectivity index (χ0) is 14.8. The number of benzene rings is 2. The summed E-state index contributed by atoms with van der Waals surface area (Å²) in [6.07, 6.45) is 1.97. The lowest BCUT2D eigenvalue weighted by Gasteiger charge is -2.04. The molecule has 3 rings (SSSR count). The van der Waals surface area contributed by atoms with Crippen LogP contribution in [-0.4, -0.2) is 17.1 Å². The lowest BCUT2D eigenvalue weighted by Crippen LogP contribution is -2.08. The Morgan fingerprint density at radius 3 is 2.71 bits per heavy atom. The second-order valence-electron chi connectivity index (χ2n) is 4.97. The molecule has 0 N–H and O–H groups in total. The van der Waals surface area contributed by atoms with Crippen LogP contribution in [-0.2, 0) is 11.8 Å². The van der Waals surface area contributed by atoms with Gasteiger partial charge in [-0.1, -0.05) is 42.5 Å². The Hall–Kier alpha value is -2.55. The molecule has 0 aliphatic heterocycles. The fraction of sp³-hybridized carbons (Fsp3) is 0.167. The molecule has 0 aliphatic carbocycles. The molecule has 3 aromatic rings. The second kappa shape index (κ2) is 5.44. The van der Waals surface area contributed by atoms with Crippen molar-refractivity contribution in [1.29, 1.82) is 0 Å². The number of aryl methyl sites for hydroxylation is 1. The Morgan fingerprint density at radius 1 is 1.14 bits per heavy atom. The average molecular weight is 279 g/mol. The van der Waals surface area contributed by atoms with Crippen LogP contribution in [0.5, 0.6) is 0 Å². The van der Waals surface area contributed by atoms with E-state index >= 15 is 0 Å². The predicted octanol–water partition coefficient (Wildman–Crippen LogP) is 4.02. The number of carbonyl (C=O) groups excluding carboxylic acids is 1. The van der Waals surface area contributed by atoms with Crippen LogP contribution in [0, 0.1) is 0 Å². The molecule has 0 bridgehead atoms. The third kappa shape index (κ3) is 2.42. The first-order valence-corrected chi connectivity index (χ1v) is 7.02. The fourth-order valence-electron chi connectivity index (χ4n) is 2.60. The summed E-state index contributed by atoms with van der Waals surface area (Å²) in [5, 5.41) is 2.37. The lowest BCUT2D eigenvalue weighted by molar-refractivity contribution is 0.0515. The van der Waals surface area contributed by atoms with Crippen molar-refractivity contribution in [3.05, 3.63) is 60.4 Å². The van der Waals surface area contributed by atoms with Gasteiger partial charge in [-0.3, -0.25) is 0 Å². The molecule has 0 atom stereocenters. The maximum absolute atomic E-state index is 11.9. The third-order valence-electron chi connectivity index (χ3n) is 3.59. The number of fused-ring (bicyclic) bond motifs is 1. The molecule has 0 saturated heterocycles. The average Bonchev–Trinajstić information content (AvgIpc) is 2.89. The standard InChI is InChI=1S/C18H17NO2/c1-3-21-18(20)17-11-14(12-19(17)2)16-10-6-8-13-7-4-5-9-15(13)16/h4-12H,3H2,1-2H3. The second-order valence-corrected chi connectivity index (χ2v) is 4.97. The molecule has 3 nitrogen and oxygen atoms in total. The van der Waals surface area contributed by atoms with Gasteiger partial charge in [-0.2, -0.15) is 0 Å². The van der Waals surface area contributed by atoms with E-state index in [1.54, 1.807) is 0 Å². The summed E-state index contributed by atoms with van der Waals surface area (Å²) in [5.74, 6) is -0.286. The maximum Gasteiger partial charge on any atom is 0.354 e. The molecule has 1 aromatic heterocycles. The van der Waals surface area contributed by atoms with Crippen LogP contribution in [0.1, 0.15) is 17.4 Å². The highest BCUT2D eigenvalue weighted by atomic mass is 16.5. The normalized spacial score (nSPS) is 10.8. The number of hydrogen-bond acceptors (Lipinski definition) is 2. The van der Waals surface area contributed by atoms with Gasteiger partial charge in [0.05, 0.1) is 6.61 Å². The zero-order valence-electron chi connectivity index (χ0n) is 12.2. The third-order valence-corrected chi connectivity index (χ3v) is 3.59. The molecule has 21 heavy (non-hydrogen) atoms. The topological polar surface area (TPSA) is 31.2 Å². The number of esters is 1. The van der Waals surface area contributed by atoms with Gasteiger partial charge in [0.15, 0.2) is 0 Å². The Labute approximate surface area is 123 Å². The molecular formula is C18H17NO2. The highest BCUT2D eigenvalue weighted by molar-refractivity contribution is 5.98. The summed E-state index contributed by atoms with van der Waals surface area (Å²) in [6.45, 7) is 2.19. The largest absolute Gasteiger partial charge is 0.461 e. The van der Waals surface area contributed by atoms with Gasteiger partial charge in [0.2, 0.25) is 0 Å². The zero-order valence-corrected chi connectivity index (χ0v) is 12.2. The first kappa shape index (κ1) is 13.4. The predicted molar refractivity (Wildman–Crippen MR) is 84.3 cm³/mol. The van der Waals surface area contributed by atoms with Crippen LogP contribution in [0.3, 0.4) is 0 Å². The summed E-state index contributed by atoms with van der Waals surface area (Å²) >= 11 is 0. The van der Waals surface area contributed by atoms with Crippen molar-refractivity contribution in [3.63, 3.8) is 0 Å². The summed E-state index contributed by atoms with van der Waals surface area (Å²) in [5.41, 5.74) is 2.72. The quantitative estimate of drug-likeness (QED) is 0.678. The van der Waals surface area contributed by atoms with E-state index in [0.717, 1.165) is 11.1 Å². The molecule has 0 saturated carbocycles. The van der Waals surface area contributed by atoms with Crippen molar-refractivity contribution < 1.29 is 9.53 Å². The van der Waals surface area contributed by atoms with Crippen molar-refractivity contribution in [2.45, 2.75) is 6.92 Å². The van der Waals surface area contributed by atoms with Crippen molar-refractivity contribution in [2.75, 3.05) is 6.61 Å². The number of aromatic nitrogens is 1. The van der Waals surface area contributed by atoms with Crippen LogP contribution in [0.2, 0.25) is 0 Å². The molecule has 0 unspecified atom stereocenters. The highest BCUT2D eigenvalue weighted by Crippen LogP contribution is 2.29. The number of carbonyl (C=O) groups is 1. The van der Waals surface area contributed by atoms with E-state index < -0.39 is 0 Å². The smallest absolute Gasteiger partial charge is 0.354 e. The number of hydrogen-bond donors (Lipinski definition) is 0. The minimum atomic E-state index is -0.286. The van der Waals surface area contributed by atoms with Crippen LogP contribution in [0.15, 0.2) is 54.7 Å². The van der Waals surface area contributed by atoms with Gasteiger partial charge in [0, 0.05) is 18.8 Å². The summed E-state index contributed by atoms with van der Waals surface area (Å²) in [6, 6.07) is 16.3. The van der Waals surface area contributed by atoms with E-state index in [0.29, 0.717) is 12.3 Å². The number of rotatable bonds is 3. The minimum absolute atomic E-state index is 0.286.